The molecular formula is C21H23F3N5O3. The Hall–Kier alpha value is -3.34. The van der Waals surface area contributed by atoms with Gasteiger partial charge in [0.2, 0.25) is 5.91 Å². The molecule has 4 N–H and O–H groups in total. The Morgan fingerprint density at radius 2 is 1.97 bits per heavy atom. The smallest absolute Gasteiger partial charge is 0.315 e. The van der Waals surface area contributed by atoms with Crippen LogP contribution in [0.25, 0.3) is 5.69 Å². The van der Waals surface area contributed by atoms with Gasteiger partial charge in [0.25, 0.3) is 12.0 Å². The van der Waals surface area contributed by atoms with Crippen molar-refractivity contribution < 1.29 is 22.8 Å². The fourth-order valence-corrected chi connectivity index (χ4v) is 3.65. The Labute approximate surface area is 182 Å². The zero-order chi connectivity index (χ0) is 23.3. The molecule has 32 heavy (non-hydrogen) atoms. The van der Waals surface area contributed by atoms with Crippen LogP contribution in [0.3, 0.4) is 0 Å². The molecule has 1 radical (unpaired) electrons. The third-order valence-electron chi connectivity index (χ3n) is 5.19. The van der Waals surface area contributed by atoms with E-state index in [1.54, 1.807) is 18.6 Å². The minimum Gasteiger partial charge on any atom is -0.351 e. The maximum atomic E-state index is 14.7. The van der Waals surface area contributed by atoms with E-state index in [0.29, 0.717) is 6.42 Å². The van der Waals surface area contributed by atoms with Crippen molar-refractivity contribution in [2.75, 3.05) is 25.0 Å². The van der Waals surface area contributed by atoms with E-state index in [2.05, 4.69) is 10.6 Å². The summed E-state index contributed by atoms with van der Waals surface area (Å²) in [6.45, 7) is -0.559. The van der Waals surface area contributed by atoms with Crippen LogP contribution in [0.15, 0.2) is 47.4 Å². The normalized spacial score (nSPS) is 16.9. The fourth-order valence-electron chi connectivity index (χ4n) is 3.65. The lowest BCUT2D eigenvalue weighted by molar-refractivity contribution is -0.121. The highest BCUT2D eigenvalue weighted by molar-refractivity contribution is 5.94. The van der Waals surface area contributed by atoms with Crippen molar-refractivity contribution in [3.8, 4) is 5.69 Å². The van der Waals surface area contributed by atoms with Crippen molar-refractivity contribution in [2.45, 2.75) is 18.9 Å². The van der Waals surface area contributed by atoms with Crippen LogP contribution in [0.1, 0.15) is 6.42 Å². The lowest BCUT2D eigenvalue weighted by Gasteiger charge is -2.30. The Bertz CT molecular complexity index is 1030. The van der Waals surface area contributed by atoms with Crippen LogP contribution in [0.4, 0.5) is 23.7 Å². The van der Waals surface area contributed by atoms with Gasteiger partial charge < -0.3 is 21.3 Å². The summed E-state index contributed by atoms with van der Waals surface area (Å²) in [5, 5.41) is 4.96. The van der Waals surface area contributed by atoms with Gasteiger partial charge in [-0.1, -0.05) is 6.07 Å². The van der Waals surface area contributed by atoms with Gasteiger partial charge >= 0.3 is 6.03 Å². The zero-order valence-corrected chi connectivity index (χ0v) is 17.0. The number of anilines is 1. The Morgan fingerprint density at radius 3 is 2.62 bits per heavy atom. The van der Waals surface area contributed by atoms with Gasteiger partial charge in [0, 0.05) is 37.5 Å². The molecule has 3 rings (SSSR count). The molecule has 2 heterocycles. The molecule has 0 spiro atoms. The number of aromatic nitrogens is 1. The number of nitrogens with zero attached hydrogens (tertiary/aromatic N) is 2. The van der Waals surface area contributed by atoms with E-state index in [0.717, 1.165) is 6.07 Å². The largest absolute Gasteiger partial charge is 0.351 e. The van der Waals surface area contributed by atoms with E-state index >= 15 is 0 Å². The summed E-state index contributed by atoms with van der Waals surface area (Å²) in [4.78, 5) is 37.9. The Morgan fingerprint density at radius 1 is 1.19 bits per heavy atom. The lowest BCUT2D eigenvalue weighted by Crippen LogP contribution is -2.50. The molecule has 1 aliphatic rings. The summed E-state index contributed by atoms with van der Waals surface area (Å²) >= 11 is 0. The minimum atomic E-state index is -2.62. The van der Waals surface area contributed by atoms with Crippen molar-refractivity contribution in [1.82, 2.24) is 14.8 Å². The zero-order valence-electron chi connectivity index (χ0n) is 17.0. The van der Waals surface area contributed by atoms with Crippen LogP contribution in [0, 0.1) is 18.2 Å². The topological polar surface area (TPSA) is 109 Å². The molecule has 0 bridgehead atoms. The van der Waals surface area contributed by atoms with Gasteiger partial charge in [-0.3, -0.25) is 14.2 Å². The van der Waals surface area contributed by atoms with Gasteiger partial charge in [0.1, 0.15) is 5.82 Å². The van der Waals surface area contributed by atoms with Crippen LogP contribution >= 0.6 is 0 Å². The predicted molar refractivity (Wildman–Crippen MR) is 112 cm³/mol. The number of halogens is 3. The van der Waals surface area contributed by atoms with Gasteiger partial charge in [0.15, 0.2) is 0 Å². The lowest BCUT2D eigenvalue weighted by atomic mass is 9.96. The predicted octanol–water partition coefficient (Wildman–Crippen LogP) is 1.74. The standard InChI is InChI=1S/C21H23F3N5O3/c22-15-10-13(28-8-2-1-5-19(28)30)6-7-16(15)27-20(31)14(11-26-12-18(23)24)17-4-3-9-29(17)21(25)32/h1-3,5-8,10,14,17-18,26H,4,9,11-12H2,(H2,25,32)(H,27,31)/t14?,17-/m0/s1. The molecule has 1 aliphatic heterocycles. The second-order valence-electron chi connectivity index (χ2n) is 7.30. The van der Waals surface area contributed by atoms with Crippen LogP contribution < -0.4 is 21.9 Å². The third kappa shape index (κ3) is 5.47. The number of pyridine rings is 1. The number of amides is 3. The summed E-state index contributed by atoms with van der Waals surface area (Å²) in [6, 6.07) is 6.98. The monoisotopic (exact) mass is 450 g/mol. The first-order valence-electron chi connectivity index (χ1n) is 9.93. The van der Waals surface area contributed by atoms with E-state index in [4.69, 9.17) is 5.73 Å². The Kier molecular flexibility index (Phi) is 7.52. The highest BCUT2D eigenvalue weighted by atomic mass is 19.3. The third-order valence-corrected chi connectivity index (χ3v) is 5.19. The molecule has 0 aliphatic carbocycles. The molecule has 1 aromatic carbocycles. The van der Waals surface area contributed by atoms with Crippen molar-refractivity contribution in [3.05, 3.63) is 65.2 Å². The molecule has 3 amide bonds. The summed E-state index contributed by atoms with van der Waals surface area (Å²) in [7, 11) is 0. The number of carbonyl (C=O) groups is 2. The number of hydrogen-bond donors (Lipinski definition) is 3. The summed E-state index contributed by atoms with van der Waals surface area (Å²) in [5.74, 6) is -2.38. The molecule has 171 valence electrons. The second kappa shape index (κ2) is 10.3. The van der Waals surface area contributed by atoms with E-state index in [9.17, 15) is 27.6 Å². The van der Waals surface area contributed by atoms with Gasteiger partial charge in [-0.15, -0.1) is 0 Å². The van der Waals surface area contributed by atoms with Crippen molar-refractivity contribution in [1.29, 1.82) is 0 Å². The number of alkyl halides is 2. The molecule has 1 saturated heterocycles. The fraction of sp³-hybridized carbons (Fsp3) is 0.333. The van der Waals surface area contributed by atoms with Crippen molar-refractivity contribution >= 4 is 17.6 Å². The van der Waals surface area contributed by atoms with Crippen molar-refractivity contribution in [3.63, 3.8) is 0 Å². The van der Waals surface area contributed by atoms with Gasteiger partial charge in [-0.2, -0.15) is 0 Å². The average molecular weight is 450 g/mol. The molecule has 2 atom stereocenters. The van der Waals surface area contributed by atoms with Gasteiger partial charge in [-0.25, -0.2) is 18.0 Å². The maximum Gasteiger partial charge on any atom is 0.315 e. The molecule has 1 unspecified atom stereocenters. The molecule has 1 fully saturated rings. The molecule has 2 aromatic rings. The second-order valence-corrected chi connectivity index (χ2v) is 7.30. The number of benzene rings is 1. The Balaban J connectivity index is 1.79. The SMILES string of the molecule is NC(=O)N1C[CH]C[C@H]1C(CNCC(F)F)C(=O)Nc1ccc(-n2ccccc2=O)cc1F. The minimum absolute atomic E-state index is 0.144. The highest BCUT2D eigenvalue weighted by Gasteiger charge is 2.38. The van der Waals surface area contributed by atoms with Crippen LogP contribution in [-0.2, 0) is 4.79 Å². The summed E-state index contributed by atoms with van der Waals surface area (Å²) in [5.41, 5.74) is 5.15. The summed E-state index contributed by atoms with van der Waals surface area (Å²) < 4.78 is 41.0. The van der Waals surface area contributed by atoms with Gasteiger partial charge in [0.05, 0.1) is 23.8 Å². The highest BCUT2D eigenvalue weighted by Crippen LogP contribution is 2.25. The quantitative estimate of drug-likeness (QED) is 0.569. The number of nitrogens with one attached hydrogen (secondary N) is 2. The number of urea groups is 1. The number of nitrogens with two attached hydrogens (primary N) is 1. The van der Waals surface area contributed by atoms with Gasteiger partial charge in [-0.05, 0) is 31.0 Å². The first-order valence-corrected chi connectivity index (χ1v) is 9.93. The molecule has 0 saturated carbocycles. The number of hydrogen-bond acceptors (Lipinski definition) is 4. The summed E-state index contributed by atoms with van der Waals surface area (Å²) in [6.07, 6.45) is 0.966. The van der Waals surface area contributed by atoms with E-state index in [1.807, 2.05) is 0 Å². The number of carbonyl (C=O) groups excluding carboxylic acids is 2. The number of rotatable bonds is 8. The van der Waals surface area contributed by atoms with E-state index in [-0.39, 0.29) is 30.0 Å². The van der Waals surface area contributed by atoms with E-state index in [1.165, 1.54) is 33.9 Å². The number of likely N-dealkylation sites (tertiary alicyclic amines) is 1. The average Bonchev–Trinajstić information content (AvgIpc) is 3.22. The molecule has 11 heteroatoms. The first kappa shape index (κ1) is 23.3. The van der Waals surface area contributed by atoms with E-state index < -0.39 is 42.7 Å². The molecular weight excluding hydrogens is 427 g/mol. The first-order chi connectivity index (χ1) is 15.3. The molecule has 8 nitrogen and oxygen atoms in total. The number of primary amides is 1. The molecule has 1 aromatic heterocycles. The van der Waals surface area contributed by atoms with Crippen molar-refractivity contribution in [2.24, 2.45) is 11.7 Å². The van der Waals surface area contributed by atoms with Crippen LogP contribution in [0.2, 0.25) is 0 Å². The maximum absolute atomic E-state index is 14.7. The van der Waals surface area contributed by atoms with Crippen LogP contribution in [-0.4, -0.2) is 53.5 Å². The van der Waals surface area contributed by atoms with Crippen LogP contribution in [0.5, 0.6) is 0 Å².